The molecule has 0 bridgehead atoms. The molecule has 0 saturated heterocycles. The van der Waals surface area contributed by atoms with Gasteiger partial charge in [0.05, 0.1) is 22.1 Å². The summed E-state index contributed by atoms with van der Waals surface area (Å²) in [6.45, 7) is 0. The second kappa shape index (κ2) is 15.6. The van der Waals surface area contributed by atoms with E-state index < -0.39 is 0 Å². The summed E-state index contributed by atoms with van der Waals surface area (Å²) < 4.78 is 4.63. The predicted molar refractivity (Wildman–Crippen MR) is 263 cm³/mol. The number of rotatable bonds is 9. The molecule has 0 radical (unpaired) electrons. The molecule has 7 heteroatoms. The summed E-state index contributed by atoms with van der Waals surface area (Å²) in [6, 6.07) is 82.4. The van der Waals surface area contributed by atoms with Crippen LogP contribution in [0.15, 0.2) is 237 Å². The van der Waals surface area contributed by atoms with E-state index in [0.29, 0.717) is 17.7 Å². The van der Waals surface area contributed by atoms with Crippen LogP contribution < -0.4 is 9.80 Å². The summed E-state index contributed by atoms with van der Waals surface area (Å²) in [5, 5.41) is 4.55. The highest BCUT2D eigenvalue weighted by Gasteiger charge is 2.25. The molecule has 12 rings (SSSR count). The highest BCUT2D eigenvalue weighted by atomic mass is 15.3. The van der Waals surface area contributed by atoms with Crippen LogP contribution in [0.3, 0.4) is 0 Å². The minimum Gasteiger partial charge on any atom is -0.311 e. The molecule has 0 aliphatic rings. The van der Waals surface area contributed by atoms with Crippen LogP contribution in [0.25, 0.3) is 66.6 Å². The fraction of sp³-hybridized carbons (Fsp3) is 0. The lowest BCUT2D eigenvalue weighted by molar-refractivity contribution is 0.933. The monoisotopic (exact) mass is 821 g/mol. The first-order chi connectivity index (χ1) is 31.8. The molecule has 302 valence electrons. The van der Waals surface area contributed by atoms with Crippen molar-refractivity contribution in [1.82, 2.24) is 24.1 Å². The van der Waals surface area contributed by atoms with Gasteiger partial charge in [0, 0.05) is 61.2 Å². The summed E-state index contributed by atoms with van der Waals surface area (Å²) in [6.07, 6.45) is 0. The molecule has 0 unspecified atom stereocenters. The zero-order valence-corrected chi connectivity index (χ0v) is 34.6. The fourth-order valence-corrected chi connectivity index (χ4v) is 9.13. The van der Waals surface area contributed by atoms with Crippen LogP contribution in [-0.2, 0) is 0 Å². The zero-order chi connectivity index (χ0) is 42.4. The Hall–Kier alpha value is -8.81. The number of nitrogens with zero attached hydrogens (tertiary/aromatic N) is 7. The lowest BCUT2D eigenvalue weighted by Gasteiger charge is -2.25. The fourth-order valence-electron chi connectivity index (χ4n) is 9.13. The Kier molecular flexibility index (Phi) is 9.01. The third kappa shape index (κ3) is 6.26. The number of hydrogen-bond acceptors (Lipinski definition) is 5. The predicted octanol–water partition coefficient (Wildman–Crippen LogP) is 14.7. The van der Waals surface area contributed by atoms with Gasteiger partial charge in [0.2, 0.25) is 11.9 Å². The number of aromatic nitrogens is 5. The van der Waals surface area contributed by atoms with E-state index in [1.165, 1.54) is 5.39 Å². The van der Waals surface area contributed by atoms with E-state index in [-0.39, 0.29) is 0 Å². The molecule has 0 amide bonds. The third-order valence-electron chi connectivity index (χ3n) is 11.9. The van der Waals surface area contributed by atoms with Crippen LogP contribution in [0.5, 0.6) is 0 Å². The van der Waals surface area contributed by atoms with E-state index in [0.717, 1.165) is 77.9 Å². The molecule has 3 aromatic heterocycles. The van der Waals surface area contributed by atoms with Crippen molar-refractivity contribution in [2.24, 2.45) is 0 Å². The molecule has 9 aromatic carbocycles. The van der Waals surface area contributed by atoms with Gasteiger partial charge in [-0.15, -0.1) is 0 Å². The standard InChI is InChI=1S/C57H39N7/c1-6-20-41(21-7-1)61(42-22-8-2-9-23-42)46-36-34-40(35-37-46)55-58-56(62(43-24-10-3-11-25-43)44-26-12-4-13-27-44)60-57(59-55)64-52-33-19-17-31-48(52)50-39-38-49-47-30-16-18-32-51(47)63(53(49)54(50)64)45-28-14-5-15-29-45/h1-39H. The smallest absolute Gasteiger partial charge is 0.240 e. The van der Waals surface area contributed by atoms with Gasteiger partial charge in [0.1, 0.15) is 0 Å². The van der Waals surface area contributed by atoms with Gasteiger partial charge < -0.3 is 9.47 Å². The molecule has 64 heavy (non-hydrogen) atoms. The average molecular weight is 822 g/mol. The topological polar surface area (TPSA) is 55.0 Å². The Morgan fingerprint density at radius 2 is 0.703 bits per heavy atom. The van der Waals surface area contributed by atoms with Crippen molar-refractivity contribution in [3.05, 3.63) is 237 Å². The van der Waals surface area contributed by atoms with E-state index >= 15 is 0 Å². The molecule has 0 atom stereocenters. The van der Waals surface area contributed by atoms with Gasteiger partial charge in [-0.3, -0.25) is 9.47 Å². The van der Waals surface area contributed by atoms with Crippen molar-refractivity contribution >= 4 is 78.0 Å². The Balaban J connectivity index is 1.14. The van der Waals surface area contributed by atoms with E-state index in [2.05, 4.69) is 207 Å². The quantitative estimate of drug-likeness (QED) is 0.145. The van der Waals surface area contributed by atoms with Gasteiger partial charge in [0.25, 0.3) is 0 Å². The van der Waals surface area contributed by atoms with Crippen molar-refractivity contribution in [1.29, 1.82) is 0 Å². The highest BCUT2D eigenvalue weighted by molar-refractivity contribution is 6.23. The summed E-state index contributed by atoms with van der Waals surface area (Å²) in [5.41, 5.74) is 11.2. The molecule has 0 spiro atoms. The van der Waals surface area contributed by atoms with Crippen molar-refractivity contribution in [2.45, 2.75) is 0 Å². The molecule has 7 nitrogen and oxygen atoms in total. The zero-order valence-electron chi connectivity index (χ0n) is 34.6. The Bertz CT molecular complexity index is 3510. The first kappa shape index (κ1) is 37.0. The second-order valence-electron chi connectivity index (χ2n) is 15.7. The number of fused-ring (bicyclic) bond motifs is 7. The van der Waals surface area contributed by atoms with E-state index in [9.17, 15) is 0 Å². The second-order valence-corrected chi connectivity index (χ2v) is 15.7. The van der Waals surface area contributed by atoms with E-state index in [1.807, 2.05) is 48.5 Å². The van der Waals surface area contributed by atoms with Gasteiger partial charge in [-0.1, -0.05) is 140 Å². The molecule has 3 heterocycles. The van der Waals surface area contributed by atoms with Crippen molar-refractivity contribution < 1.29 is 0 Å². The van der Waals surface area contributed by atoms with E-state index in [4.69, 9.17) is 15.0 Å². The SMILES string of the molecule is c1ccc(N(c2ccccc2)c2ccc(-c3nc(N(c4ccccc4)c4ccccc4)nc(-n4c5ccccc5c5ccc6c7ccccc7n(-c7ccccc7)c6c54)n3)cc2)cc1. The van der Waals surface area contributed by atoms with Crippen molar-refractivity contribution in [3.8, 4) is 23.0 Å². The Morgan fingerprint density at radius 1 is 0.297 bits per heavy atom. The number of para-hydroxylation sites is 7. The van der Waals surface area contributed by atoms with Crippen LogP contribution in [0.2, 0.25) is 0 Å². The first-order valence-corrected chi connectivity index (χ1v) is 21.5. The van der Waals surface area contributed by atoms with Gasteiger partial charge in [-0.05, 0) is 97.1 Å². The molecule has 0 aliphatic carbocycles. The Labute approximate surface area is 370 Å². The summed E-state index contributed by atoms with van der Waals surface area (Å²) in [5.74, 6) is 1.56. The van der Waals surface area contributed by atoms with Crippen LogP contribution in [0.1, 0.15) is 0 Å². The molecule has 0 saturated carbocycles. The largest absolute Gasteiger partial charge is 0.311 e. The van der Waals surface area contributed by atoms with Crippen LogP contribution in [0.4, 0.5) is 34.4 Å². The van der Waals surface area contributed by atoms with Crippen molar-refractivity contribution in [2.75, 3.05) is 9.80 Å². The molecule has 12 aromatic rings. The molecular formula is C57H39N7. The number of anilines is 6. The number of hydrogen-bond donors (Lipinski definition) is 0. The van der Waals surface area contributed by atoms with Crippen LogP contribution in [-0.4, -0.2) is 24.1 Å². The van der Waals surface area contributed by atoms with Gasteiger partial charge in [-0.2, -0.15) is 15.0 Å². The average Bonchev–Trinajstić information content (AvgIpc) is 3.89. The molecule has 0 fully saturated rings. The number of benzene rings is 9. The normalized spacial score (nSPS) is 11.4. The maximum atomic E-state index is 5.49. The summed E-state index contributed by atoms with van der Waals surface area (Å²) >= 11 is 0. The first-order valence-electron chi connectivity index (χ1n) is 21.5. The Morgan fingerprint density at radius 3 is 1.22 bits per heavy atom. The minimum atomic E-state index is 0.499. The van der Waals surface area contributed by atoms with Gasteiger partial charge >= 0.3 is 0 Å². The van der Waals surface area contributed by atoms with E-state index in [1.54, 1.807) is 0 Å². The van der Waals surface area contributed by atoms with Gasteiger partial charge in [0.15, 0.2) is 5.82 Å². The lowest BCUT2D eigenvalue weighted by Crippen LogP contribution is -2.16. The minimum absolute atomic E-state index is 0.499. The summed E-state index contributed by atoms with van der Waals surface area (Å²) in [4.78, 5) is 20.7. The third-order valence-corrected chi connectivity index (χ3v) is 11.9. The van der Waals surface area contributed by atoms with Crippen LogP contribution >= 0.6 is 0 Å². The summed E-state index contributed by atoms with van der Waals surface area (Å²) in [7, 11) is 0. The maximum Gasteiger partial charge on any atom is 0.240 e. The molecule has 0 aliphatic heterocycles. The maximum absolute atomic E-state index is 5.49. The molecular weight excluding hydrogens is 783 g/mol. The van der Waals surface area contributed by atoms with Gasteiger partial charge in [-0.25, -0.2) is 0 Å². The van der Waals surface area contributed by atoms with Crippen molar-refractivity contribution in [3.63, 3.8) is 0 Å². The lowest BCUT2D eigenvalue weighted by atomic mass is 10.1. The van der Waals surface area contributed by atoms with Crippen LogP contribution in [0, 0.1) is 0 Å². The highest BCUT2D eigenvalue weighted by Crippen LogP contribution is 2.43. The molecule has 0 N–H and O–H groups in total.